The maximum absolute atomic E-state index is 11.0. The van der Waals surface area contributed by atoms with E-state index in [1.807, 2.05) is 0 Å². The van der Waals surface area contributed by atoms with Crippen molar-refractivity contribution in [2.24, 2.45) is 0 Å². The van der Waals surface area contributed by atoms with Crippen LogP contribution in [0.15, 0.2) is 0 Å². The van der Waals surface area contributed by atoms with E-state index in [9.17, 15) is 4.79 Å². The van der Waals surface area contributed by atoms with Crippen LogP contribution in [-0.4, -0.2) is 47.4 Å². The van der Waals surface area contributed by atoms with Crippen LogP contribution in [0, 0.1) is 0 Å². The highest BCUT2D eigenvalue weighted by Gasteiger charge is 2.24. The fourth-order valence-corrected chi connectivity index (χ4v) is 2.49. The highest BCUT2D eigenvalue weighted by Crippen LogP contribution is 2.17. The largest absolute Gasteiger partial charge is 0.453 e. The molecule has 0 aromatic carbocycles. The highest BCUT2D eigenvalue weighted by atomic mass is 32.1. The Bertz CT molecular complexity index is 396. The third-order valence-electron chi connectivity index (χ3n) is 2.62. The van der Waals surface area contributed by atoms with Crippen LogP contribution in [0.5, 0.6) is 0 Å². The molecule has 1 aromatic rings. The Morgan fingerprint density at radius 3 is 3.18 bits per heavy atom. The molecule has 3 N–H and O–H groups in total. The first kappa shape index (κ1) is 12.1. The van der Waals surface area contributed by atoms with Gasteiger partial charge in [0, 0.05) is 19.1 Å². The van der Waals surface area contributed by atoms with Gasteiger partial charge in [0.05, 0.1) is 13.7 Å². The number of carbonyl (C=O) groups is 1. The van der Waals surface area contributed by atoms with E-state index in [-0.39, 0.29) is 12.1 Å². The normalized spacial score (nSPS) is 20.4. The molecule has 1 amide bonds. The molecule has 1 saturated heterocycles. The third-order valence-corrected chi connectivity index (χ3v) is 3.36. The number of aromatic nitrogens is 2. The van der Waals surface area contributed by atoms with Crippen molar-refractivity contribution in [2.45, 2.75) is 19.0 Å². The van der Waals surface area contributed by atoms with Crippen LogP contribution < -0.4 is 11.1 Å². The van der Waals surface area contributed by atoms with Crippen molar-refractivity contribution in [1.82, 2.24) is 20.4 Å². The molecule has 1 aliphatic rings. The van der Waals surface area contributed by atoms with E-state index in [1.54, 1.807) is 0 Å². The van der Waals surface area contributed by atoms with Crippen LogP contribution in [0.25, 0.3) is 0 Å². The molecular weight excluding hydrogens is 242 g/mol. The van der Waals surface area contributed by atoms with Crippen LogP contribution in [0.3, 0.4) is 0 Å². The summed E-state index contributed by atoms with van der Waals surface area (Å²) in [6, 6.07) is 0.146. The van der Waals surface area contributed by atoms with Gasteiger partial charge in [-0.05, 0) is 6.42 Å². The lowest BCUT2D eigenvalue weighted by molar-refractivity contribution is 0.166. The molecule has 1 aliphatic heterocycles. The molecule has 7 nitrogen and oxygen atoms in total. The molecule has 0 saturated carbocycles. The number of ether oxygens (including phenoxy) is 1. The van der Waals surface area contributed by atoms with E-state index in [0.717, 1.165) is 31.1 Å². The Hall–Kier alpha value is -1.41. The SMILES string of the molecule is COC(=O)NC1CCN(Cc2nnc(N)s2)C1. The van der Waals surface area contributed by atoms with E-state index in [2.05, 4.69) is 25.2 Å². The fraction of sp³-hybridized carbons (Fsp3) is 0.667. The van der Waals surface area contributed by atoms with Gasteiger partial charge in [-0.25, -0.2) is 4.79 Å². The van der Waals surface area contributed by atoms with Crippen LogP contribution in [-0.2, 0) is 11.3 Å². The zero-order valence-corrected chi connectivity index (χ0v) is 10.4. The number of nitrogens with two attached hydrogens (primary N) is 1. The number of nitrogen functional groups attached to an aromatic ring is 1. The van der Waals surface area contributed by atoms with E-state index in [1.165, 1.54) is 18.4 Å². The van der Waals surface area contributed by atoms with Crippen molar-refractivity contribution in [3.8, 4) is 0 Å². The number of methoxy groups -OCH3 is 1. The average Bonchev–Trinajstić information content (AvgIpc) is 2.89. The molecule has 17 heavy (non-hydrogen) atoms. The first-order chi connectivity index (χ1) is 8.17. The number of alkyl carbamates (subject to hydrolysis) is 1. The molecule has 0 bridgehead atoms. The van der Waals surface area contributed by atoms with E-state index < -0.39 is 0 Å². The van der Waals surface area contributed by atoms with Crippen molar-refractivity contribution in [3.63, 3.8) is 0 Å². The molecule has 1 atom stereocenters. The molecular formula is C9H15N5O2S. The number of amides is 1. The molecule has 1 fully saturated rings. The number of carbonyl (C=O) groups excluding carboxylic acids is 1. The molecule has 1 unspecified atom stereocenters. The van der Waals surface area contributed by atoms with Crippen LogP contribution in [0.1, 0.15) is 11.4 Å². The minimum absolute atomic E-state index is 0.146. The summed E-state index contributed by atoms with van der Waals surface area (Å²) >= 11 is 1.40. The quantitative estimate of drug-likeness (QED) is 0.794. The standard InChI is InChI=1S/C9H15N5O2S/c1-16-9(15)11-6-2-3-14(4-6)5-7-12-13-8(10)17-7/h6H,2-5H2,1H3,(H2,10,13)(H,11,15). The number of rotatable bonds is 3. The smallest absolute Gasteiger partial charge is 0.407 e. The predicted octanol–water partition coefficient (Wildman–Crippen LogP) is 0.0506. The second-order valence-electron chi connectivity index (χ2n) is 3.89. The summed E-state index contributed by atoms with van der Waals surface area (Å²) in [4.78, 5) is 13.3. The fourth-order valence-electron chi connectivity index (χ4n) is 1.84. The number of nitrogens with one attached hydrogen (secondary N) is 1. The number of hydrogen-bond donors (Lipinski definition) is 2. The summed E-state index contributed by atoms with van der Waals surface area (Å²) in [6.45, 7) is 2.46. The van der Waals surface area contributed by atoms with E-state index in [4.69, 9.17) is 5.73 Å². The molecule has 8 heteroatoms. The van der Waals surface area contributed by atoms with Gasteiger partial charge in [-0.15, -0.1) is 10.2 Å². The Morgan fingerprint density at radius 1 is 1.71 bits per heavy atom. The first-order valence-electron chi connectivity index (χ1n) is 5.32. The maximum Gasteiger partial charge on any atom is 0.407 e. The number of hydrogen-bond acceptors (Lipinski definition) is 7. The Kier molecular flexibility index (Phi) is 3.75. The second-order valence-corrected chi connectivity index (χ2v) is 4.98. The molecule has 0 radical (unpaired) electrons. The number of likely N-dealkylation sites (tertiary alicyclic amines) is 1. The monoisotopic (exact) mass is 257 g/mol. The first-order valence-corrected chi connectivity index (χ1v) is 6.13. The summed E-state index contributed by atoms with van der Waals surface area (Å²) in [5.41, 5.74) is 5.52. The lowest BCUT2D eigenvalue weighted by Crippen LogP contribution is -2.36. The van der Waals surface area contributed by atoms with Gasteiger partial charge in [-0.1, -0.05) is 11.3 Å². The molecule has 0 spiro atoms. The van der Waals surface area contributed by atoms with Crippen LogP contribution in [0.2, 0.25) is 0 Å². The Balaban J connectivity index is 1.80. The Morgan fingerprint density at radius 2 is 2.53 bits per heavy atom. The topological polar surface area (TPSA) is 93.4 Å². The summed E-state index contributed by atoms with van der Waals surface area (Å²) < 4.78 is 4.56. The van der Waals surface area contributed by atoms with Crippen LogP contribution in [0.4, 0.5) is 9.93 Å². The van der Waals surface area contributed by atoms with Crippen LogP contribution >= 0.6 is 11.3 Å². The van der Waals surface area contributed by atoms with Crippen molar-refractivity contribution in [2.75, 3.05) is 25.9 Å². The molecule has 2 heterocycles. The summed E-state index contributed by atoms with van der Waals surface area (Å²) in [6.07, 6.45) is 0.542. The number of nitrogens with zero attached hydrogens (tertiary/aromatic N) is 3. The van der Waals surface area contributed by atoms with Gasteiger partial charge in [0.25, 0.3) is 0 Å². The summed E-state index contributed by atoms with van der Waals surface area (Å²) in [7, 11) is 1.37. The highest BCUT2D eigenvalue weighted by molar-refractivity contribution is 7.15. The van der Waals surface area contributed by atoms with E-state index >= 15 is 0 Å². The lowest BCUT2D eigenvalue weighted by atomic mass is 10.3. The minimum atomic E-state index is -0.378. The maximum atomic E-state index is 11.0. The summed E-state index contributed by atoms with van der Waals surface area (Å²) in [5.74, 6) is 0. The average molecular weight is 257 g/mol. The van der Waals surface area contributed by atoms with Gasteiger partial charge < -0.3 is 15.8 Å². The third kappa shape index (κ3) is 3.27. The van der Waals surface area contributed by atoms with Gasteiger partial charge in [0.2, 0.25) is 5.13 Å². The minimum Gasteiger partial charge on any atom is -0.453 e. The zero-order valence-electron chi connectivity index (χ0n) is 9.55. The van der Waals surface area contributed by atoms with Crippen molar-refractivity contribution in [1.29, 1.82) is 0 Å². The van der Waals surface area contributed by atoms with Crippen molar-refractivity contribution >= 4 is 22.6 Å². The summed E-state index contributed by atoms with van der Waals surface area (Å²) in [5, 5.41) is 11.9. The van der Waals surface area contributed by atoms with Gasteiger partial charge in [0.1, 0.15) is 5.01 Å². The van der Waals surface area contributed by atoms with Gasteiger partial charge in [-0.2, -0.15) is 0 Å². The second kappa shape index (κ2) is 5.28. The van der Waals surface area contributed by atoms with Crippen molar-refractivity contribution < 1.29 is 9.53 Å². The zero-order chi connectivity index (χ0) is 12.3. The van der Waals surface area contributed by atoms with Crippen molar-refractivity contribution in [3.05, 3.63) is 5.01 Å². The van der Waals surface area contributed by atoms with Gasteiger partial charge in [0.15, 0.2) is 0 Å². The lowest BCUT2D eigenvalue weighted by Gasteiger charge is -2.14. The molecule has 94 valence electrons. The molecule has 1 aromatic heterocycles. The number of anilines is 1. The Labute approximate surface area is 103 Å². The van der Waals surface area contributed by atoms with E-state index in [0.29, 0.717) is 5.13 Å². The van der Waals surface area contributed by atoms with Gasteiger partial charge in [-0.3, -0.25) is 4.90 Å². The van der Waals surface area contributed by atoms with Gasteiger partial charge >= 0.3 is 6.09 Å². The molecule has 0 aliphatic carbocycles. The predicted molar refractivity (Wildman–Crippen MR) is 63.5 cm³/mol. The molecule has 2 rings (SSSR count).